The SMILES string of the molecule is CC(C)[C@H](NC(=O)OCc1ccncc1)C(=O)N[C@@H](Cc1ccccc1)C(O)[C@H](Cc1ccccc1)NC(=O)[C@H](NC(=O)OCc1ccncc1)C(C)C. The van der Waals surface area contributed by atoms with Crippen LogP contribution in [-0.2, 0) is 45.1 Å². The first-order valence-electron chi connectivity index (χ1n) is 18.0. The van der Waals surface area contributed by atoms with Gasteiger partial charge in [0.2, 0.25) is 11.8 Å². The number of pyridine rings is 2. The minimum Gasteiger partial charge on any atom is -0.445 e. The Morgan fingerprint density at radius 3 is 1.22 bits per heavy atom. The predicted octanol–water partition coefficient (Wildman–Crippen LogP) is 4.49. The van der Waals surface area contributed by atoms with Crippen molar-refractivity contribution in [1.29, 1.82) is 0 Å². The lowest BCUT2D eigenvalue weighted by Crippen LogP contribution is -2.61. The molecule has 13 nitrogen and oxygen atoms in total. The van der Waals surface area contributed by atoms with Gasteiger partial charge in [0.1, 0.15) is 25.3 Å². The van der Waals surface area contributed by atoms with E-state index in [4.69, 9.17) is 9.47 Å². The molecule has 0 spiro atoms. The molecule has 0 saturated heterocycles. The minimum atomic E-state index is -1.32. The van der Waals surface area contributed by atoms with Crippen LogP contribution >= 0.6 is 0 Å². The van der Waals surface area contributed by atoms with Crippen LogP contribution in [0.1, 0.15) is 49.9 Å². The molecule has 0 saturated carbocycles. The van der Waals surface area contributed by atoms with Gasteiger partial charge in [-0.2, -0.15) is 0 Å². The largest absolute Gasteiger partial charge is 0.445 e. The summed E-state index contributed by atoms with van der Waals surface area (Å²) >= 11 is 0. The first-order chi connectivity index (χ1) is 26.0. The Kier molecular flexibility index (Phi) is 15.9. The van der Waals surface area contributed by atoms with Crippen molar-refractivity contribution in [3.05, 3.63) is 132 Å². The van der Waals surface area contributed by atoms with Gasteiger partial charge in [0.05, 0.1) is 18.2 Å². The standard InChI is InChI=1S/C41H50N6O7/c1-27(2)35(46-40(51)53-25-31-15-19-42-20-16-31)38(49)44-33(23-29-11-7-5-8-12-29)37(48)34(24-30-13-9-6-10-14-30)45-39(50)36(28(3)4)47-41(52)54-26-32-17-21-43-22-18-32/h5-22,27-28,33-37,48H,23-26H2,1-4H3,(H,44,49)(H,45,50)(H,46,51)(H,47,52)/t33-,34-,35-,36+,37?/m0/s1. The zero-order chi connectivity index (χ0) is 38.9. The maximum Gasteiger partial charge on any atom is 0.408 e. The number of aliphatic hydroxyl groups excluding tert-OH is 1. The normalized spacial score (nSPS) is 13.8. The average molecular weight is 739 g/mol. The van der Waals surface area contributed by atoms with Crippen molar-refractivity contribution < 1.29 is 33.8 Å². The Labute approximate surface area is 316 Å². The fourth-order valence-electron chi connectivity index (χ4n) is 5.74. The number of aromatic nitrogens is 2. The van der Waals surface area contributed by atoms with Gasteiger partial charge in [-0.05, 0) is 71.2 Å². The third-order valence-electron chi connectivity index (χ3n) is 8.76. The van der Waals surface area contributed by atoms with Crippen LogP contribution in [0.3, 0.4) is 0 Å². The van der Waals surface area contributed by atoms with Gasteiger partial charge in [0.25, 0.3) is 0 Å². The van der Waals surface area contributed by atoms with E-state index >= 15 is 0 Å². The monoisotopic (exact) mass is 738 g/mol. The molecule has 2 aromatic heterocycles. The number of hydrogen-bond donors (Lipinski definition) is 5. The van der Waals surface area contributed by atoms with Crippen molar-refractivity contribution in [3.63, 3.8) is 0 Å². The number of carbonyl (C=O) groups excluding carboxylic acids is 4. The third kappa shape index (κ3) is 13.3. The molecule has 13 heteroatoms. The van der Waals surface area contributed by atoms with Crippen LogP contribution in [0.25, 0.3) is 0 Å². The Hall–Kier alpha value is -5.82. The smallest absolute Gasteiger partial charge is 0.408 e. The van der Waals surface area contributed by atoms with E-state index in [0.717, 1.165) is 22.3 Å². The Morgan fingerprint density at radius 2 is 0.889 bits per heavy atom. The molecule has 0 bridgehead atoms. The van der Waals surface area contributed by atoms with Gasteiger partial charge in [-0.15, -0.1) is 0 Å². The lowest BCUT2D eigenvalue weighted by molar-refractivity contribution is -0.126. The summed E-state index contributed by atoms with van der Waals surface area (Å²) in [5.41, 5.74) is 3.13. The Balaban J connectivity index is 1.54. The molecule has 2 aromatic carbocycles. The van der Waals surface area contributed by atoms with Crippen molar-refractivity contribution in [1.82, 2.24) is 31.2 Å². The van der Waals surface area contributed by atoms with Gasteiger partial charge in [-0.3, -0.25) is 19.6 Å². The number of alkyl carbamates (subject to hydrolysis) is 2. The summed E-state index contributed by atoms with van der Waals surface area (Å²) < 4.78 is 10.7. The fourth-order valence-corrected chi connectivity index (χ4v) is 5.74. The molecule has 4 amide bonds. The van der Waals surface area contributed by atoms with E-state index in [1.807, 2.05) is 60.7 Å². The van der Waals surface area contributed by atoms with Gasteiger partial charge in [0, 0.05) is 24.8 Å². The second-order valence-electron chi connectivity index (χ2n) is 13.7. The van der Waals surface area contributed by atoms with Crippen molar-refractivity contribution in [3.8, 4) is 0 Å². The second-order valence-corrected chi connectivity index (χ2v) is 13.7. The van der Waals surface area contributed by atoms with E-state index in [0.29, 0.717) is 0 Å². The second kappa shape index (κ2) is 21.0. The van der Waals surface area contributed by atoms with E-state index < -0.39 is 54.3 Å². The summed E-state index contributed by atoms with van der Waals surface area (Å²) in [7, 11) is 0. The lowest BCUT2D eigenvalue weighted by Gasteiger charge is -2.34. The van der Waals surface area contributed by atoms with Crippen molar-refractivity contribution >= 4 is 24.0 Å². The van der Waals surface area contributed by atoms with Crippen LogP contribution in [0.15, 0.2) is 110 Å². The zero-order valence-electron chi connectivity index (χ0n) is 31.1. The molecule has 5 atom stereocenters. The molecule has 0 radical (unpaired) electrons. The molecule has 286 valence electrons. The summed E-state index contributed by atoms with van der Waals surface area (Å²) in [6, 6.07) is 21.7. The number of aliphatic hydroxyl groups is 1. The minimum absolute atomic E-state index is 0.00825. The van der Waals surface area contributed by atoms with E-state index in [2.05, 4.69) is 31.2 Å². The quantitative estimate of drug-likeness (QED) is 0.0983. The van der Waals surface area contributed by atoms with Crippen LogP contribution in [-0.4, -0.2) is 69.3 Å². The zero-order valence-corrected chi connectivity index (χ0v) is 31.1. The average Bonchev–Trinajstić information content (AvgIpc) is 3.17. The molecule has 0 aliphatic rings. The fraction of sp³-hybridized carbons (Fsp3) is 0.366. The number of ether oxygens (including phenoxy) is 2. The van der Waals surface area contributed by atoms with E-state index in [1.165, 1.54) is 0 Å². The first-order valence-corrected chi connectivity index (χ1v) is 18.0. The van der Waals surface area contributed by atoms with E-state index in [9.17, 15) is 24.3 Å². The number of rotatable bonds is 18. The molecule has 1 unspecified atom stereocenters. The van der Waals surface area contributed by atoms with Crippen molar-refractivity contribution in [2.24, 2.45) is 11.8 Å². The van der Waals surface area contributed by atoms with Crippen LogP contribution in [0.4, 0.5) is 9.59 Å². The molecule has 0 aliphatic carbocycles. The Bertz CT molecular complexity index is 1620. The van der Waals surface area contributed by atoms with Crippen LogP contribution < -0.4 is 21.3 Å². The van der Waals surface area contributed by atoms with Crippen LogP contribution in [0.2, 0.25) is 0 Å². The van der Waals surface area contributed by atoms with Crippen molar-refractivity contribution in [2.45, 2.75) is 84.0 Å². The summed E-state index contributed by atoms with van der Waals surface area (Å²) in [6.07, 6.45) is 3.90. The Morgan fingerprint density at radius 1 is 0.537 bits per heavy atom. The van der Waals surface area contributed by atoms with E-state index in [1.54, 1.807) is 76.7 Å². The number of carbonyl (C=O) groups is 4. The predicted molar refractivity (Wildman–Crippen MR) is 203 cm³/mol. The van der Waals surface area contributed by atoms with Gasteiger partial charge < -0.3 is 35.8 Å². The highest BCUT2D eigenvalue weighted by Crippen LogP contribution is 2.16. The summed E-state index contributed by atoms with van der Waals surface area (Å²) in [4.78, 5) is 61.4. The van der Waals surface area contributed by atoms with Crippen LogP contribution in [0.5, 0.6) is 0 Å². The summed E-state index contributed by atoms with van der Waals surface area (Å²) in [6.45, 7) is 7.13. The highest BCUT2D eigenvalue weighted by Gasteiger charge is 2.35. The van der Waals surface area contributed by atoms with Crippen molar-refractivity contribution in [2.75, 3.05) is 0 Å². The molecular weight excluding hydrogens is 688 g/mol. The topological polar surface area (TPSA) is 181 Å². The molecule has 4 rings (SSSR count). The highest BCUT2D eigenvalue weighted by atomic mass is 16.6. The van der Waals surface area contributed by atoms with Gasteiger partial charge in [0.15, 0.2) is 0 Å². The molecule has 0 aliphatic heterocycles. The molecule has 5 N–H and O–H groups in total. The van der Waals surface area contributed by atoms with Crippen LogP contribution in [0, 0.1) is 11.8 Å². The molecule has 4 aromatic rings. The number of benzene rings is 2. The van der Waals surface area contributed by atoms with E-state index in [-0.39, 0.29) is 37.9 Å². The number of nitrogens with zero attached hydrogens (tertiary/aromatic N) is 2. The molecule has 0 fully saturated rings. The lowest BCUT2D eigenvalue weighted by atomic mass is 9.91. The first kappa shape index (κ1) is 40.9. The molecular formula is C41H50N6O7. The maximum atomic E-state index is 13.9. The number of hydrogen-bond acceptors (Lipinski definition) is 9. The van der Waals surface area contributed by atoms with Gasteiger partial charge in [-0.25, -0.2) is 9.59 Å². The number of amides is 4. The molecule has 54 heavy (non-hydrogen) atoms. The number of nitrogens with one attached hydrogen (secondary N) is 4. The maximum absolute atomic E-state index is 13.9. The third-order valence-corrected chi connectivity index (χ3v) is 8.76. The molecule has 2 heterocycles. The van der Waals surface area contributed by atoms with Gasteiger partial charge in [-0.1, -0.05) is 88.4 Å². The summed E-state index contributed by atoms with van der Waals surface area (Å²) in [5.74, 6) is -1.75. The van der Waals surface area contributed by atoms with Gasteiger partial charge >= 0.3 is 12.2 Å². The summed E-state index contributed by atoms with van der Waals surface area (Å²) in [5, 5.41) is 23.4. The highest BCUT2D eigenvalue weighted by molar-refractivity contribution is 5.87.